The maximum atomic E-state index is 13.6. The molecule has 130 valence electrons. The molecule has 1 fully saturated rings. The molecule has 0 aliphatic carbocycles. The molecule has 3 rings (SSSR count). The molecule has 6 nitrogen and oxygen atoms in total. The fraction of sp³-hybridized carbons (Fsp3) is 0.278. The summed E-state index contributed by atoms with van der Waals surface area (Å²) in [6, 6.07) is 7.11. The number of nitrogens with one attached hydrogen (secondary N) is 1. The summed E-state index contributed by atoms with van der Waals surface area (Å²) in [6.45, 7) is 1.72. The van der Waals surface area contributed by atoms with Crippen LogP contribution < -0.4 is 16.0 Å². The fourth-order valence-electron chi connectivity index (χ4n) is 2.92. The van der Waals surface area contributed by atoms with Gasteiger partial charge >= 0.3 is 0 Å². The van der Waals surface area contributed by atoms with E-state index < -0.39 is 11.7 Å². The fourth-order valence-corrected chi connectivity index (χ4v) is 2.92. The van der Waals surface area contributed by atoms with Gasteiger partial charge in [-0.15, -0.1) is 0 Å². The summed E-state index contributed by atoms with van der Waals surface area (Å²) in [5, 5.41) is 2.68. The van der Waals surface area contributed by atoms with E-state index in [-0.39, 0.29) is 11.5 Å². The van der Waals surface area contributed by atoms with Gasteiger partial charge in [0.15, 0.2) is 0 Å². The van der Waals surface area contributed by atoms with Gasteiger partial charge in [-0.1, -0.05) is 0 Å². The van der Waals surface area contributed by atoms with Gasteiger partial charge in [0.2, 0.25) is 0 Å². The number of nitrogens with two attached hydrogens (primary N) is 1. The van der Waals surface area contributed by atoms with Crippen LogP contribution in [-0.4, -0.2) is 29.9 Å². The first kappa shape index (κ1) is 16.9. The molecule has 2 aromatic rings. The molecule has 1 saturated heterocycles. The van der Waals surface area contributed by atoms with E-state index in [1.807, 2.05) is 0 Å². The number of primary amides is 1. The molecule has 0 bridgehead atoms. The van der Waals surface area contributed by atoms with Gasteiger partial charge in [-0.2, -0.15) is 0 Å². The zero-order chi connectivity index (χ0) is 17.8. The quantitative estimate of drug-likeness (QED) is 0.894. The zero-order valence-electron chi connectivity index (χ0n) is 13.7. The smallest absolute Gasteiger partial charge is 0.259 e. The molecular weight excluding hydrogens is 323 g/mol. The lowest BCUT2D eigenvalue weighted by Crippen LogP contribution is -2.32. The van der Waals surface area contributed by atoms with Crippen LogP contribution in [0.4, 0.5) is 15.9 Å². The number of aromatic nitrogens is 1. The molecule has 3 N–H and O–H groups in total. The molecule has 25 heavy (non-hydrogen) atoms. The monoisotopic (exact) mass is 342 g/mol. The summed E-state index contributed by atoms with van der Waals surface area (Å²) in [5.41, 5.74) is 5.61. The Labute approximate surface area is 144 Å². The number of benzene rings is 1. The Kier molecular flexibility index (Phi) is 4.92. The molecule has 7 heteroatoms. The Morgan fingerprint density at radius 2 is 1.88 bits per heavy atom. The lowest BCUT2D eigenvalue weighted by Gasteiger charge is -2.29. The van der Waals surface area contributed by atoms with Crippen molar-refractivity contribution < 1.29 is 14.0 Å². The number of hydrogen-bond acceptors (Lipinski definition) is 4. The second kappa shape index (κ2) is 7.29. The van der Waals surface area contributed by atoms with Crippen molar-refractivity contribution in [2.24, 2.45) is 5.73 Å². The number of amides is 2. The van der Waals surface area contributed by atoms with Crippen LogP contribution in [0.3, 0.4) is 0 Å². The summed E-state index contributed by atoms with van der Waals surface area (Å²) in [7, 11) is 0. The van der Waals surface area contributed by atoms with E-state index >= 15 is 0 Å². The maximum absolute atomic E-state index is 13.6. The van der Waals surface area contributed by atoms with Crippen molar-refractivity contribution in [3.8, 4) is 0 Å². The first-order valence-corrected chi connectivity index (χ1v) is 8.17. The SMILES string of the molecule is NC(=O)c1cc(NC(=O)c2cccnc2N2CCCCC2)ccc1F. The van der Waals surface area contributed by atoms with Gasteiger partial charge in [0, 0.05) is 25.0 Å². The average molecular weight is 342 g/mol. The van der Waals surface area contributed by atoms with Crippen LogP contribution >= 0.6 is 0 Å². The predicted molar refractivity (Wildman–Crippen MR) is 93.2 cm³/mol. The van der Waals surface area contributed by atoms with Crippen molar-refractivity contribution in [3.63, 3.8) is 0 Å². The predicted octanol–water partition coefficient (Wildman–Crippen LogP) is 2.56. The van der Waals surface area contributed by atoms with E-state index in [1.54, 1.807) is 18.3 Å². The van der Waals surface area contributed by atoms with E-state index in [4.69, 9.17) is 5.73 Å². The van der Waals surface area contributed by atoms with Gasteiger partial charge < -0.3 is 16.0 Å². The van der Waals surface area contributed by atoms with Crippen molar-refractivity contribution in [2.45, 2.75) is 19.3 Å². The average Bonchev–Trinajstić information content (AvgIpc) is 2.64. The molecule has 0 saturated carbocycles. The van der Waals surface area contributed by atoms with Crippen molar-refractivity contribution in [1.29, 1.82) is 0 Å². The topological polar surface area (TPSA) is 88.3 Å². The minimum Gasteiger partial charge on any atom is -0.366 e. The second-order valence-electron chi connectivity index (χ2n) is 5.94. The van der Waals surface area contributed by atoms with Crippen LogP contribution in [0, 0.1) is 5.82 Å². The molecule has 2 amide bonds. The zero-order valence-corrected chi connectivity index (χ0v) is 13.7. The van der Waals surface area contributed by atoms with Crippen LogP contribution in [0.2, 0.25) is 0 Å². The highest BCUT2D eigenvalue weighted by Gasteiger charge is 2.20. The minimum atomic E-state index is -0.885. The highest BCUT2D eigenvalue weighted by Crippen LogP contribution is 2.23. The molecule has 0 unspecified atom stereocenters. The van der Waals surface area contributed by atoms with Crippen molar-refractivity contribution in [1.82, 2.24) is 4.98 Å². The molecule has 2 heterocycles. The Hall–Kier alpha value is -2.96. The van der Waals surface area contributed by atoms with Gasteiger partial charge in [0.05, 0.1) is 11.1 Å². The molecule has 1 aliphatic heterocycles. The van der Waals surface area contributed by atoms with E-state index in [9.17, 15) is 14.0 Å². The lowest BCUT2D eigenvalue weighted by atomic mass is 10.1. The second-order valence-corrected chi connectivity index (χ2v) is 5.94. The van der Waals surface area contributed by atoms with Crippen molar-refractivity contribution in [2.75, 3.05) is 23.3 Å². The summed E-state index contributed by atoms with van der Waals surface area (Å²) in [5.74, 6) is -1.34. The van der Waals surface area contributed by atoms with Crippen molar-refractivity contribution in [3.05, 3.63) is 53.5 Å². The molecular formula is C18H19FN4O2. The van der Waals surface area contributed by atoms with Crippen LogP contribution in [0.1, 0.15) is 40.0 Å². The van der Waals surface area contributed by atoms with Crippen LogP contribution in [0.5, 0.6) is 0 Å². The Morgan fingerprint density at radius 3 is 2.60 bits per heavy atom. The third kappa shape index (κ3) is 3.76. The number of carbonyl (C=O) groups is 2. The van der Waals surface area contributed by atoms with Gasteiger partial charge in [0.25, 0.3) is 11.8 Å². The van der Waals surface area contributed by atoms with Gasteiger partial charge in [-0.3, -0.25) is 9.59 Å². The summed E-state index contributed by atoms with van der Waals surface area (Å²) < 4.78 is 13.6. The third-order valence-electron chi connectivity index (χ3n) is 4.18. The molecule has 0 spiro atoms. The lowest BCUT2D eigenvalue weighted by molar-refractivity contribution is 0.0992. The van der Waals surface area contributed by atoms with Crippen LogP contribution in [0.15, 0.2) is 36.5 Å². The number of piperidine rings is 1. The number of anilines is 2. The Morgan fingerprint density at radius 1 is 1.12 bits per heavy atom. The summed E-state index contributed by atoms with van der Waals surface area (Å²) in [4.78, 5) is 30.4. The number of rotatable bonds is 4. The van der Waals surface area contributed by atoms with Gasteiger partial charge in [0.1, 0.15) is 11.6 Å². The van der Waals surface area contributed by atoms with Crippen LogP contribution in [0.25, 0.3) is 0 Å². The van der Waals surface area contributed by atoms with E-state index in [1.165, 1.54) is 18.6 Å². The minimum absolute atomic E-state index is 0.264. The standard InChI is InChI=1S/C18H19FN4O2/c19-15-7-6-12(11-14(15)16(20)24)22-18(25)13-5-4-8-21-17(13)23-9-2-1-3-10-23/h4-8,11H,1-3,9-10H2,(H2,20,24)(H,22,25). The van der Waals surface area contributed by atoms with E-state index in [0.717, 1.165) is 32.0 Å². The number of hydrogen-bond donors (Lipinski definition) is 2. The molecule has 1 aliphatic rings. The molecule has 0 radical (unpaired) electrons. The van der Waals surface area contributed by atoms with E-state index in [2.05, 4.69) is 15.2 Å². The highest BCUT2D eigenvalue weighted by atomic mass is 19.1. The highest BCUT2D eigenvalue weighted by molar-refractivity contribution is 6.08. The van der Waals surface area contributed by atoms with Gasteiger partial charge in [-0.05, 0) is 49.6 Å². The number of pyridine rings is 1. The Bertz CT molecular complexity index is 803. The summed E-state index contributed by atoms with van der Waals surface area (Å²) >= 11 is 0. The largest absolute Gasteiger partial charge is 0.366 e. The number of halogens is 1. The van der Waals surface area contributed by atoms with Gasteiger partial charge in [-0.25, -0.2) is 9.37 Å². The van der Waals surface area contributed by atoms with Crippen LogP contribution in [-0.2, 0) is 0 Å². The normalized spacial score (nSPS) is 14.2. The first-order valence-electron chi connectivity index (χ1n) is 8.17. The maximum Gasteiger partial charge on any atom is 0.259 e. The number of carbonyl (C=O) groups excluding carboxylic acids is 2. The first-order chi connectivity index (χ1) is 12.1. The number of nitrogens with zero attached hydrogens (tertiary/aromatic N) is 2. The summed E-state index contributed by atoms with van der Waals surface area (Å²) in [6.07, 6.45) is 4.97. The third-order valence-corrected chi connectivity index (χ3v) is 4.18. The van der Waals surface area contributed by atoms with Crippen molar-refractivity contribution >= 4 is 23.3 Å². The molecule has 1 aromatic heterocycles. The Balaban J connectivity index is 1.84. The molecule has 0 atom stereocenters. The molecule has 1 aromatic carbocycles. The van der Waals surface area contributed by atoms with E-state index in [0.29, 0.717) is 17.1 Å².